The van der Waals surface area contributed by atoms with Gasteiger partial charge in [0, 0.05) is 19.7 Å². The number of hydrogen-bond acceptors (Lipinski definition) is 3. The molecule has 1 aromatic rings. The molecular weight excluding hydrogens is 190 g/mol. The van der Waals surface area contributed by atoms with E-state index in [1.807, 2.05) is 19.3 Å². The fraction of sp³-hybridized carbons (Fsp3) is 0.636. The second-order valence-electron chi connectivity index (χ2n) is 4.20. The summed E-state index contributed by atoms with van der Waals surface area (Å²) in [4.78, 5) is 0. The van der Waals surface area contributed by atoms with E-state index in [4.69, 9.17) is 0 Å². The van der Waals surface area contributed by atoms with Crippen LogP contribution in [-0.4, -0.2) is 26.2 Å². The van der Waals surface area contributed by atoms with Crippen molar-refractivity contribution in [2.75, 3.05) is 0 Å². The van der Waals surface area contributed by atoms with Gasteiger partial charge in [-0.2, -0.15) is 0 Å². The minimum Gasteiger partial charge on any atom is -0.389 e. The van der Waals surface area contributed by atoms with Crippen molar-refractivity contribution in [2.45, 2.75) is 38.2 Å². The SMILES string of the molecule is Cn1cc(CC2=CC(O)CCCC2)nn1. The number of allylic oxidation sites excluding steroid dienone is 1. The molecule has 1 aromatic heterocycles. The van der Waals surface area contributed by atoms with Crippen LogP contribution in [-0.2, 0) is 13.5 Å². The number of aliphatic hydroxyl groups is 1. The van der Waals surface area contributed by atoms with Crippen molar-refractivity contribution in [1.82, 2.24) is 15.0 Å². The van der Waals surface area contributed by atoms with Crippen LogP contribution in [0.4, 0.5) is 0 Å². The molecule has 0 fully saturated rings. The van der Waals surface area contributed by atoms with E-state index in [0.29, 0.717) is 0 Å². The monoisotopic (exact) mass is 207 g/mol. The largest absolute Gasteiger partial charge is 0.389 e. The first-order valence-corrected chi connectivity index (χ1v) is 5.47. The first kappa shape index (κ1) is 10.4. The third-order valence-corrected chi connectivity index (χ3v) is 2.73. The highest BCUT2D eigenvalue weighted by atomic mass is 16.3. The predicted molar refractivity (Wildman–Crippen MR) is 57.3 cm³/mol. The Morgan fingerprint density at radius 3 is 3.13 bits per heavy atom. The summed E-state index contributed by atoms with van der Waals surface area (Å²) >= 11 is 0. The van der Waals surface area contributed by atoms with Gasteiger partial charge in [-0.25, -0.2) is 0 Å². The molecule has 82 valence electrons. The van der Waals surface area contributed by atoms with E-state index in [1.165, 1.54) is 12.0 Å². The lowest BCUT2D eigenvalue weighted by molar-refractivity contribution is 0.211. The highest BCUT2D eigenvalue weighted by molar-refractivity contribution is 5.14. The van der Waals surface area contributed by atoms with Crippen LogP contribution in [0.1, 0.15) is 31.4 Å². The molecule has 0 saturated heterocycles. The average molecular weight is 207 g/mol. The minimum atomic E-state index is -0.265. The zero-order chi connectivity index (χ0) is 10.7. The number of nitrogens with zero attached hydrogens (tertiary/aromatic N) is 3. The molecule has 0 saturated carbocycles. The summed E-state index contributed by atoms with van der Waals surface area (Å²) in [5.74, 6) is 0. The molecule has 1 aliphatic carbocycles. The van der Waals surface area contributed by atoms with Gasteiger partial charge >= 0.3 is 0 Å². The molecule has 1 heterocycles. The van der Waals surface area contributed by atoms with E-state index in [1.54, 1.807) is 4.68 Å². The van der Waals surface area contributed by atoms with Crippen LogP contribution in [0.5, 0.6) is 0 Å². The smallest absolute Gasteiger partial charge is 0.0867 e. The van der Waals surface area contributed by atoms with Gasteiger partial charge in [-0.1, -0.05) is 23.3 Å². The van der Waals surface area contributed by atoms with Crippen molar-refractivity contribution in [1.29, 1.82) is 0 Å². The molecule has 0 radical (unpaired) electrons. The maximum Gasteiger partial charge on any atom is 0.0867 e. The normalized spacial score (nSPS) is 22.3. The lowest BCUT2D eigenvalue weighted by Gasteiger charge is -2.03. The van der Waals surface area contributed by atoms with Crippen molar-refractivity contribution in [2.24, 2.45) is 7.05 Å². The van der Waals surface area contributed by atoms with Gasteiger partial charge in [0.1, 0.15) is 0 Å². The Bertz CT molecular complexity index is 356. The maximum absolute atomic E-state index is 9.63. The van der Waals surface area contributed by atoms with E-state index in [0.717, 1.165) is 31.4 Å². The van der Waals surface area contributed by atoms with Gasteiger partial charge in [-0.3, -0.25) is 4.68 Å². The Hall–Kier alpha value is -1.16. The topological polar surface area (TPSA) is 50.9 Å². The Morgan fingerprint density at radius 1 is 1.53 bits per heavy atom. The summed E-state index contributed by atoms with van der Waals surface area (Å²) in [6.45, 7) is 0. The van der Waals surface area contributed by atoms with Crippen LogP contribution >= 0.6 is 0 Å². The number of aromatic nitrogens is 3. The molecule has 1 N–H and O–H groups in total. The summed E-state index contributed by atoms with van der Waals surface area (Å²) in [6.07, 6.45) is 8.73. The molecule has 0 bridgehead atoms. The van der Waals surface area contributed by atoms with Crippen LogP contribution in [0.25, 0.3) is 0 Å². The highest BCUT2D eigenvalue weighted by Crippen LogP contribution is 2.20. The lowest BCUT2D eigenvalue weighted by Crippen LogP contribution is -2.01. The molecule has 4 nitrogen and oxygen atoms in total. The Morgan fingerprint density at radius 2 is 2.40 bits per heavy atom. The fourth-order valence-corrected chi connectivity index (χ4v) is 2.00. The third kappa shape index (κ3) is 2.89. The third-order valence-electron chi connectivity index (χ3n) is 2.73. The predicted octanol–water partition coefficient (Wildman–Crippen LogP) is 1.22. The fourth-order valence-electron chi connectivity index (χ4n) is 2.00. The average Bonchev–Trinajstić information content (AvgIpc) is 2.46. The van der Waals surface area contributed by atoms with Crippen molar-refractivity contribution in [3.63, 3.8) is 0 Å². The van der Waals surface area contributed by atoms with E-state index in [-0.39, 0.29) is 6.10 Å². The summed E-state index contributed by atoms with van der Waals surface area (Å²) in [7, 11) is 1.87. The maximum atomic E-state index is 9.63. The van der Waals surface area contributed by atoms with Crippen LogP contribution in [0.2, 0.25) is 0 Å². The number of aryl methyl sites for hydroxylation is 1. The van der Waals surface area contributed by atoms with Crippen molar-refractivity contribution >= 4 is 0 Å². The first-order chi connectivity index (χ1) is 7.24. The first-order valence-electron chi connectivity index (χ1n) is 5.47. The van der Waals surface area contributed by atoms with Gasteiger partial charge in [0.25, 0.3) is 0 Å². The number of hydrogen-bond donors (Lipinski definition) is 1. The van der Waals surface area contributed by atoms with Crippen LogP contribution in [0, 0.1) is 0 Å². The van der Waals surface area contributed by atoms with Crippen molar-refractivity contribution in [3.8, 4) is 0 Å². The van der Waals surface area contributed by atoms with E-state index >= 15 is 0 Å². The molecule has 1 aliphatic rings. The molecular formula is C11H17N3O. The van der Waals surface area contributed by atoms with E-state index < -0.39 is 0 Å². The van der Waals surface area contributed by atoms with Crippen molar-refractivity contribution < 1.29 is 5.11 Å². The van der Waals surface area contributed by atoms with Gasteiger partial charge < -0.3 is 5.11 Å². The standard InChI is InChI=1S/C11H17N3O/c1-14-8-10(12-13-14)6-9-4-2-3-5-11(15)7-9/h7-8,11,15H,2-6H2,1H3. The zero-order valence-electron chi connectivity index (χ0n) is 9.06. The quantitative estimate of drug-likeness (QED) is 0.742. The van der Waals surface area contributed by atoms with E-state index in [9.17, 15) is 5.11 Å². The van der Waals surface area contributed by atoms with Gasteiger partial charge in [0.2, 0.25) is 0 Å². The molecule has 0 amide bonds. The van der Waals surface area contributed by atoms with Gasteiger partial charge in [0.15, 0.2) is 0 Å². The Kier molecular flexibility index (Phi) is 3.16. The lowest BCUT2D eigenvalue weighted by atomic mass is 10.1. The second kappa shape index (κ2) is 4.57. The number of aliphatic hydroxyl groups excluding tert-OH is 1. The number of rotatable bonds is 2. The second-order valence-corrected chi connectivity index (χ2v) is 4.20. The van der Waals surface area contributed by atoms with Crippen LogP contribution in [0.3, 0.4) is 0 Å². The van der Waals surface area contributed by atoms with Gasteiger partial charge in [-0.05, 0) is 19.3 Å². The molecule has 4 heteroatoms. The highest BCUT2D eigenvalue weighted by Gasteiger charge is 2.10. The van der Waals surface area contributed by atoms with Gasteiger partial charge in [-0.15, -0.1) is 5.10 Å². The summed E-state index contributed by atoms with van der Waals surface area (Å²) in [6, 6.07) is 0. The Labute approximate surface area is 89.6 Å². The molecule has 2 rings (SSSR count). The summed E-state index contributed by atoms with van der Waals surface area (Å²) in [5, 5.41) is 17.6. The molecule has 1 unspecified atom stereocenters. The van der Waals surface area contributed by atoms with Crippen LogP contribution < -0.4 is 0 Å². The van der Waals surface area contributed by atoms with E-state index in [2.05, 4.69) is 10.3 Å². The molecule has 0 aliphatic heterocycles. The zero-order valence-corrected chi connectivity index (χ0v) is 9.06. The van der Waals surface area contributed by atoms with Crippen molar-refractivity contribution in [3.05, 3.63) is 23.5 Å². The molecule has 0 spiro atoms. The summed E-state index contributed by atoms with van der Waals surface area (Å²) in [5.41, 5.74) is 2.28. The molecule has 1 atom stereocenters. The van der Waals surface area contributed by atoms with Crippen LogP contribution in [0.15, 0.2) is 17.8 Å². The molecule has 0 aromatic carbocycles. The minimum absolute atomic E-state index is 0.265. The Balaban J connectivity index is 2.04. The summed E-state index contributed by atoms with van der Waals surface area (Å²) < 4.78 is 1.71. The molecule has 15 heavy (non-hydrogen) atoms. The van der Waals surface area contributed by atoms with Gasteiger partial charge in [0.05, 0.1) is 11.8 Å².